The maximum Gasteiger partial charge on any atom is 0.337 e. The summed E-state index contributed by atoms with van der Waals surface area (Å²) in [7, 11) is -2.80. The third kappa shape index (κ3) is 3.65. The number of sulfonamides is 1. The van der Waals surface area contributed by atoms with Gasteiger partial charge in [0.05, 0.1) is 17.0 Å². The molecule has 0 bridgehead atoms. The third-order valence-corrected chi connectivity index (χ3v) is 5.64. The molecule has 0 atom stereocenters. The van der Waals surface area contributed by atoms with E-state index in [1.807, 2.05) is 4.72 Å². The average molecular weight is 360 g/mol. The molecule has 2 aromatic rings. The zero-order valence-electron chi connectivity index (χ0n) is 11.2. The number of carbonyl (C=O) groups excluding carboxylic acids is 2. The Labute approximate surface area is 135 Å². The molecule has 0 aliphatic heterocycles. The van der Waals surface area contributed by atoms with Crippen LogP contribution in [-0.2, 0) is 14.8 Å². The summed E-state index contributed by atoms with van der Waals surface area (Å²) >= 11 is 6.51. The largest absolute Gasteiger partial charge is 0.465 e. The van der Waals surface area contributed by atoms with Crippen molar-refractivity contribution in [2.75, 3.05) is 7.11 Å². The van der Waals surface area contributed by atoms with Gasteiger partial charge in [-0.05, 0) is 30.3 Å². The molecule has 1 amide bonds. The number of rotatable bonds is 4. The molecule has 6 nitrogen and oxygen atoms in total. The lowest BCUT2D eigenvalue weighted by atomic mass is 10.1. The molecule has 116 valence electrons. The van der Waals surface area contributed by atoms with Crippen molar-refractivity contribution in [2.45, 2.75) is 4.21 Å². The lowest BCUT2D eigenvalue weighted by molar-refractivity contribution is 0.0600. The molecule has 1 aromatic carbocycles. The first-order chi connectivity index (χ1) is 10.3. The Hall–Kier alpha value is -1.90. The van der Waals surface area contributed by atoms with Crippen molar-refractivity contribution in [3.8, 4) is 0 Å². The van der Waals surface area contributed by atoms with Gasteiger partial charge in [0.2, 0.25) is 0 Å². The van der Waals surface area contributed by atoms with Crippen LogP contribution >= 0.6 is 22.9 Å². The fraction of sp³-hybridized carbons (Fsp3) is 0.0769. The van der Waals surface area contributed by atoms with Crippen LogP contribution in [0.4, 0.5) is 0 Å². The van der Waals surface area contributed by atoms with Gasteiger partial charge in [-0.1, -0.05) is 17.7 Å². The Balaban J connectivity index is 2.24. The normalized spacial score (nSPS) is 11.0. The van der Waals surface area contributed by atoms with Crippen LogP contribution in [0.3, 0.4) is 0 Å². The molecular formula is C13H10ClNO5S2. The molecule has 2 rings (SSSR count). The van der Waals surface area contributed by atoms with Gasteiger partial charge in [-0.2, -0.15) is 0 Å². The quantitative estimate of drug-likeness (QED) is 0.846. The molecule has 0 radical (unpaired) electrons. The van der Waals surface area contributed by atoms with E-state index in [-0.39, 0.29) is 15.3 Å². The van der Waals surface area contributed by atoms with Crippen LogP contribution in [0.25, 0.3) is 0 Å². The van der Waals surface area contributed by atoms with Crippen molar-refractivity contribution >= 4 is 44.8 Å². The molecular weight excluding hydrogens is 350 g/mol. The Bertz CT molecular complexity index is 828. The maximum atomic E-state index is 12.0. The Kier molecular flexibility index (Phi) is 4.84. The van der Waals surface area contributed by atoms with Gasteiger partial charge in [-0.25, -0.2) is 17.9 Å². The molecule has 0 saturated carbocycles. The molecule has 1 heterocycles. The Morgan fingerprint density at radius 2 is 1.86 bits per heavy atom. The fourth-order valence-corrected chi connectivity index (χ4v) is 4.04. The molecule has 0 saturated heterocycles. The van der Waals surface area contributed by atoms with Gasteiger partial charge >= 0.3 is 5.97 Å². The maximum absolute atomic E-state index is 12.0. The second-order valence-electron chi connectivity index (χ2n) is 4.07. The van der Waals surface area contributed by atoms with Gasteiger partial charge in [0.25, 0.3) is 15.9 Å². The zero-order chi connectivity index (χ0) is 16.3. The first-order valence-corrected chi connectivity index (χ1v) is 8.52. The zero-order valence-corrected chi connectivity index (χ0v) is 13.6. The summed E-state index contributed by atoms with van der Waals surface area (Å²) in [5, 5.41) is 0. The van der Waals surface area contributed by atoms with Crippen LogP contribution in [0.5, 0.6) is 0 Å². The molecule has 0 aliphatic rings. The molecule has 0 spiro atoms. The molecule has 0 aliphatic carbocycles. The number of benzene rings is 1. The van der Waals surface area contributed by atoms with E-state index in [1.54, 1.807) is 0 Å². The summed E-state index contributed by atoms with van der Waals surface area (Å²) in [6.45, 7) is 0. The monoisotopic (exact) mass is 359 g/mol. The van der Waals surface area contributed by atoms with Gasteiger partial charge in [0, 0.05) is 5.56 Å². The van der Waals surface area contributed by atoms with Crippen molar-refractivity contribution in [1.82, 2.24) is 4.72 Å². The van der Waals surface area contributed by atoms with Gasteiger partial charge in [0.1, 0.15) is 4.21 Å². The van der Waals surface area contributed by atoms with Crippen LogP contribution in [0.15, 0.2) is 40.6 Å². The number of amides is 1. The highest BCUT2D eigenvalue weighted by molar-refractivity contribution is 7.92. The number of nitrogens with one attached hydrogen (secondary N) is 1. The number of thiophene rings is 1. The standard InChI is InChI=1S/C13H10ClNO5S2/c1-20-13(17)9-4-2-3-8(7-9)12(16)15-22(18,19)11-6-5-10(14)21-11/h2-7H,1H3,(H,15,16). The van der Waals surface area contributed by atoms with E-state index in [9.17, 15) is 18.0 Å². The van der Waals surface area contributed by atoms with Crippen molar-refractivity contribution in [2.24, 2.45) is 0 Å². The number of methoxy groups -OCH3 is 1. The fourth-order valence-electron chi connectivity index (χ4n) is 1.58. The lowest BCUT2D eigenvalue weighted by Gasteiger charge is -2.06. The first-order valence-electron chi connectivity index (χ1n) is 5.84. The lowest BCUT2D eigenvalue weighted by Crippen LogP contribution is -2.30. The van der Waals surface area contributed by atoms with Gasteiger partial charge in [-0.15, -0.1) is 11.3 Å². The minimum absolute atomic E-state index is 0.0223. The number of ether oxygens (including phenoxy) is 1. The van der Waals surface area contributed by atoms with Crippen LogP contribution in [0, 0.1) is 0 Å². The van der Waals surface area contributed by atoms with E-state index >= 15 is 0 Å². The van der Waals surface area contributed by atoms with Crippen molar-refractivity contribution in [3.63, 3.8) is 0 Å². The number of hydrogen-bond acceptors (Lipinski definition) is 6. The van der Waals surface area contributed by atoms with Crippen LogP contribution in [-0.4, -0.2) is 27.4 Å². The molecule has 9 heteroatoms. The second kappa shape index (κ2) is 6.47. The number of hydrogen-bond donors (Lipinski definition) is 1. The summed E-state index contributed by atoms with van der Waals surface area (Å²) in [5.41, 5.74) is 0.167. The van der Waals surface area contributed by atoms with Gasteiger partial charge in [-0.3, -0.25) is 4.79 Å². The van der Waals surface area contributed by atoms with Gasteiger partial charge < -0.3 is 4.74 Å². The third-order valence-electron chi connectivity index (χ3n) is 2.59. The van der Waals surface area contributed by atoms with E-state index in [0.717, 1.165) is 11.3 Å². The smallest absolute Gasteiger partial charge is 0.337 e. The minimum atomic E-state index is -4.01. The predicted molar refractivity (Wildman–Crippen MR) is 81.8 cm³/mol. The first kappa shape index (κ1) is 16.5. The molecule has 0 fully saturated rings. The molecule has 22 heavy (non-hydrogen) atoms. The summed E-state index contributed by atoms with van der Waals surface area (Å²) < 4.78 is 30.7. The van der Waals surface area contributed by atoms with Gasteiger partial charge in [0.15, 0.2) is 0 Å². The summed E-state index contributed by atoms with van der Waals surface area (Å²) in [4.78, 5) is 23.4. The van der Waals surface area contributed by atoms with Crippen LogP contribution in [0.1, 0.15) is 20.7 Å². The SMILES string of the molecule is COC(=O)c1cccc(C(=O)NS(=O)(=O)c2ccc(Cl)s2)c1. The summed E-state index contributed by atoms with van der Waals surface area (Å²) in [6, 6.07) is 8.26. The highest BCUT2D eigenvalue weighted by Crippen LogP contribution is 2.25. The highest BCUT2D eigenvalue weighted by atomic mass is 35.5. The van der Waals surface area contributed by atoms with Crippen molar-refractivity contribution in [1.29, 1.82) is 0 Å². The number of carbonyl (C=O) groups is 2. The predicted octanol–water partition coefficient (Wildman–Crippen LogP) is 2.31. The highest BCUT2D eigenvalue weighted by Gasteiger charge is 2.21. The topological polar surface area (TPSA) is 89.5 Å². The van der Waals surface area contributed by atoms with E-state index in [1.165, 1.54) is 43.5 Å². The Morgan fingerprint density at radius 1 is 1.18 bits per heavy atom. The number of halogens is 1. The molecule has 1 aromatic heterocycles. The summed E-state index contributed by atoms with van der Waals surface area (Å²) in [5.74, 6) is -1.47. The molecule has 1 N–H and O–H groups in total. The number of esters is 1. The average Bonchev–Trinajstić information content (AvgIpc) is 2.93. The Morgan fingerprint density at radius 3 is 2.45 bits per heavy atom. The van der Waals surface area contributed by atoms with Crippen LogP contribution < -0.4 is 4.72 Å². The van der Waals surface area contributed by atoms with Crippen molar-refractivity contribution in [3.05, 3.63) is 51.9 Å². The van der Waals surface area contributed by atoms with E-state index < -0.39 is 21.9 Å². The second-order valence-corrected chi connectivity index (χ2v) is 7.69. The van der Waals surface area contributed by atoms with Crippen molar-refractivity contribution < 1.29 is 22.7 Å². The summed E-state index contributed by atoms with van der Waals surface area (Å²) in [6.07, 6.45) is 0. The van der Waals surface area contributed by atoms with E-state index in [0.29, 0.717) is 4.34 Å². The van der Waals surface area contributed by atoms with Crippen LogP contribution in [0.2, 0.25) is 4.34 Å². The van der Waals surface area contributed by atoms with E-state index in [2.05, 4.69) is 4.74 Å². The minimum Gasteiger partial charge on any atom is -0.465 e. The van der Waals surface area contributed by atoms with E-state index in [4.69, 9.17) is 11.6 Å². The molecule has 0 unspecified atom stereocenters.